The van der Waals surface area contributed by atoms with Gasteiger partial charge in [-0.1, -0.05) is 0 Å². The first kappa shape index (κ1) is 8.97. The highest BCUT2D eigenvalue weighted by Crippen LogP contribution is 2.11. The van der Waals surface area contributed by atoms with Gasteiger partial charge in [-0.15, -0.1) is 0 Å². The third-order valence-electron chi connectivity index (χ3n) is 2.36. The average Bonchev–Trinajstić information content (AvgIpc) is 2.37. The zero-order valence-electron chi connectivity index (χ0n) is 7.80. The normalized spacial score (nSPS) is 26.7. The molecule has 1 aliphatic rings. The molecular formula is C8H19N3. The molecule has 0 aromatic rings. The SMILES string of the molecule is CNCN1CC[C@@H](N(C)C)C1. The van der Waals surface area contributed by atoms with Gasteiger partial charge in [0.05, 0.1) is 0 Å². The minimum Gasteiger partial charge on any atom is -0.307 e. The summed E-state index contributed by atoms with van der Waals surface area (Å²) in [6.07, 6.45) is 1.31. The number of hydrogen-bond donors (Lipinski definition) is 1. The lowest BCUT2D eigenvalue weighted by atomic mass is 10.2. The highest BCUT2D eigenvalue weighted by atomic mass is 15.3. The summed E-state index contributed by atoms with van der Waals surface area (Å²) in [5.74, 6) is 0. The molecule has 11 heavy (non-hydrogen) atoms. The second-order valence-electron chi connectivity index (χ2n) is 3.49. The highest BCUT2D eigenvalue weighted by molar-refractivity contribution is 4.79. The fourth-order valence-electron chi connectivity index (χ4n) is 1.60. The van der Waals surface area contributed by atoms with Crippen molar-refractivity contribution in [1.82, 2.24) is 15.1 Å². The van der Waals surface area contributed by atoms with Gasteiger partial charge in [0.25, 0.3) is 0 Å². The largest absolute Gasteiger partial charge is 0.307 e. The zero-order valence-corrected chi connectivity index (χ0v) is 7.80. The van der Waals surface area contributed by atoms with Gasteiger partial charge in [-0.2, -0.15) is 0 Å². The summed E-state index contributed by atoms with van der Waals surface area (Å²) in [4.78, 5) is 4.76. The van der Waals surface area contributed by atoms with Crippen LogP contribution in [0.1, 0.15) is 6.42 Å². The van der Waals surface area contributed by atoms with Gasteiger partial charge in [0, 0.05) is 25.8 Å². The van der Waals surface area contributed by atoms with E-state index in [0.717, 1.165) is 12.7 Å². The van der Waals surface area contributed by atoms with Crippen molar-refractivity contribution in [2.75, 3.05) is 40.9 Å². The molecule has 0 aromatic heterocycles. The van der Waals surface area contributed by atoms with E-state index >= 15 is 0 Å². The van der Waals surface area contributed by atoms with Crippen molar-refractivity contribution in [2.24, 2.45) is 0 Å². The van der Waals surface area contributed by atoms with Gasteiger partial charge in [-0.3, -0.25) is 4.90 Å². The van der Waals surface area contributed by atoms with Crippen LogP contribution in [0.25, 0.3) is 0 Å². The lowest BCUT2D eigenvalue weighted by Crippen LogP contribution is -2.34. The van der Waals surface area contributed by atoms with Crippen LogP contribution in [0.5, 0.6) is 0 Å². The molecule has 3 nitrogen and oxygen atoms in total. The fraction of sp³-hybridized carbons (Fsp3) is 1.00. The monoisotopic (exact) mass is 157 g/mol. The molecule has 0 amide bonds. The third kappa shape index (κ3) is 2.43. The molecule has 3 heteroatoms. The number of nitrogens with one attached hydrogen (secondary N) is 1. The van der Waals surface area contributed by atoms with E-state index < -0.39 is 0 Å². The predicted octanol–water partition coefficient (Wildman–Crippen LogP) is -0.201. The van der Waals surface area contributed by atoms with Crippen LogP contribution in [0.2, 0.25) is 0 Å². The molecular weight excluding hydrogens is 138 g/mol. The van der Waals surface area contributed by atoms with Crippen molar-refractivity contribution in [1.29, 1.82) is 0 Å². The maximum atomic E-state index is 3.18. The van der Waals surface area contributed by atoms with Crippen molar-refractivity contribution in [3.05, 3.63) is 0 Å². The Hall–Kier alpha value is -0.120. The van der Waals surface area contributed by atoms with Crippen LogP contribution >= 0.6 is 0 Å². The van der Waals surface area contributed by atoms with E-state index in [4.69, 9.17) is 0 Å². The minimum absolute atomic E-state index is 0.767. The van der Waals surface area contributed by atoms with Gasteiger partial charge in [-0.25, -0.2) is 0 Å². The molecule has 0 aromatic carbocycles. The molecule has 0 saturated carbocycles. The number of nitrogens with zero attached hydrogens (tertiary/aromatic N) is 2. The Labute approximate surface area is 69.4 Å². The summed E-state index contributed by atoms with van der Waals surface area (Å²) in [6.45, 7) is 3.49. The Bertz CT molecular complexity index is 114. The van der Waals surface area contributed by atoms with Crippen molar-refractivity contribution >= 4 is 0 Å². The molecule has 1 atom stereocenters. The molecule has 0 unspecified atom stereocenters. The molecule has 1 saturated heterocycles. The van der Waals surface area contributed by atoms with Crippen LogP contribution in [0.3, 0.4) is 0 Å². The Morgan fingerprint density at radius 2 is 2.27 bits per heavy atom. The average molecular weight is 157 g/mol. The van der Waals surface area contributed by atoms with E-state index in [1.54, 1.807) is 0 Å². The Morgan fingerprint density at radius 1 is 1.55 bits per heavy atom. The van der Waals surface area contributed by atoms with Crippen LogP contribution < -0.4 is 5.32 Å². The maximum Gasteiger partial charge on any atom is 0.0478 e. The lowest BCUT2D eigenvalue weighted by molar-refractivity contribution is 0.262. The van der Waals surface area contributed by atoms with Gasteiger partial charge in [0.1, 0.15) is 0 Å². The van der Waals surface area contributed by atoms with Gasteiger partial charge in [-0.05, 0) is 27.6 Å². The smallest absolute Gasteiger partial charge is 0.0478 e. The zero-order chi connectivity index (χ0) is 8.27. The number of likely N-dealkylation sites (N-methyl/N-ethyl adjacent to an activating group) is 1. The first-order valence-electron chi connectivity index (χ1n) is 4.27. The van der Waals surface area contributed by atoms with Crippen molar-refractivity contribution in [2.45, 2.75) is 12.5 Å². The Morgan fingerprint density at radius 3 is 2.73 bits per heavy atom. The number of rotatable bonds is 3. The minimum atomic E-state index is 0.767. The third-order valence-corrected chi connectivity index (χ3v) is 2.36. The van der Waals surface area contributed by atoms with E-state index in [1.165, 1.54) is 19.5 Å². The van der Waals surface area contributed by atoms with Crippen LogP contribution in [-0.2, 0) is 0 Å². The van der Waals surface area contributed by atoms with Crippen LogP contribution in [0.15, 0.2) is 0 Å². The van der Waals surface area contributed by atoms with Crippen LogP contribution in [-0.4, -0.2) is 56.7 Å². The Kier molecular flexibility index (Phi) is 3.30. The fourth-order valence-corrected chi connectivity index (χ4v) is 1.60. The molecule has 0 bridgehead atoms. The molecule has 1 heterocycles. The van der Waals surface area contributed by atoms with Gasteiger partial charge in [0.2, 0.25) is 0 Å². The molecule has 0 radical (unpaired) electrons. The standard InChI is InChI=1S/C8H19N3/c1-9-7-11-5-4-8(6-11)10(2)3/h8-9H,4-7H2,1-3H3/t8-/m1/s1. The van der Waals surface area contributed by atoms with Gasteiger partial charge in [0.15, 0.2) is 0 Å². The van der Waals surface area contributed by atoms with Gasteiger partial charge >= 0.3 is 0 Å². The maximum absolute atomic E-state index is 3.18. The van der Waals surface area contributed by atoms with Crippen molar-refractivity contribution in [3.8, 4) is 0 Å². The molecule has 1 fully saturated rings. The summed E-state index contributed by atoms with van der Waals surface area (Å²) in [5.41, 5.74) is 0. The van der Waals surface area contributed by atoms with Crippen molar-refractivity contribution < 1.29 is 0 Å². The number of hydrogen-bond acceptors (Lipinski definition) is 3. The highest BCUT2D eigenvalue weighted by Gasteiger charge is 2.22. The summed E-state index contributed by atoms with van der Waals surface area (Å²) in [6, 6.07) is 0.767. The van der Waals surface area contributed by atoms with Gasteiger partial charge < -0.3 is 10.2 Å². The summed E-state index contributed by atoms with van der Waals surface area (Å²) >= 11 is 0. The van der Waals surface area contributed by atoms with E-state index in [-0.39, 0.29) is 0 Å². The Balaban J connectivity index is 2.23. The number of likely N-dealkylation sites (tertiary alicyclic amines) is 1. The van der Waals surface area contributed by atoms with E-state index in [9.17, 15) is 0 Å². The molecule has 1 N–H and O–H groups in total. The van der Waals surface area contributed by atoms with E-state index in [2.05, 4.69) is 29.2 Å². The van der Waals surface area contributed by atoms with Crippen LogP contribution in [0.4, 0.5) is 0 Å². The second-order valence-corrected chi connectivity index (χ2v) is 3.49. The summed E-state index contributed by atoms with van der Waals surface area (Å²) in [7, 11) is 6.32. The van der Waals surface area contributed by atoms with Crippen molar-refractivity contribution in [3.63, 3.8) is 0 Å². The second kappa shape index (κ2) is 4.04. The topological polar surface area (TPSA) is 18.5 Å². The molecule has 66 valence electrons. The first-order chi connectivity index (χ1) is 5.24. The molecule has 1 aliphatic heterocycles. The quantitative estimate of drug-likeness (QED) is 0.612. The first-order valence-corrected chi connectivity index (χ1v) is 4.27. The van der Waals surface area contributed by atoms with E-state index in [1.807, 2.05) is 7.05 Å². The molecule has 1 rings (SSSR count). The molecule has 0 spiro atoms. The summed E-state index contributed by atoms with van der Waals surface area (Å²) < 4.78 is 0. The predicted molar refractivity (Wildman–Crippen MR) is 47.6 cm³/mol. The molecule has 0 aliphatic carbocycles. The lowest BCUT2D eigenvalue weighted by Gasteiger charge is -2.19. The van der Waals surface area contributed by atoms with Crippen LogP contribution in [0, 0.1) is 0 Å². The van der Waals surface area contributed by atoms with E-state index in [0.29, 0.717) is 0 Å². The summed E-state index contributed by atoms with van der Waals surface area (Å²) in [5, 5.41) is 3.18.